The topological polar surface area (TPSA) is 67.3 Å². The van der Waals surface area contributed by atoms with Crippen LogP contribution in [0.1, 0.15) is 16.7 Å². The lowest BCUT2D eigenvalue weighted by molar-refractivity contribution is 1.25. The van der Waals surface area contributed by atoms with Crippen LogP contribution in [-0.2, 0) is 0 Å². The molecular formula is C33H30N4. The fourth-order valence-electron chi connectivity index (χ4n) is 4.99. The van der Waals surface area contributed by atoms with E-state index in [2.05, 4.69) is 128 Å². The first kappa shape index (κ1) is 22.7. The molecule has 1 aliphatic rings. The fourth-order valence-corrected chi connectivity index (χ4v) is 4.99. The van der Waals surface area contributed by atoms with E-state index in [0.717, 1.165) is 62.1 Å². The van der Waals surface area contributed by atoms with Gasteiger partial charge in [0.2, 0.25) is 0 Å². The van der Waals surface area contributed by atoms with Gasteiger partial charge in [0.1, 0.15) is 0 Å². The van der Waals surface area contributed by atoms with Crippen LogP contribution in [0.15, 0.2) is 97.1 Å². The molecule has 4 nitrogen and oxygen atoms in total. The Bertz CT molecular complexity index is 1520. The summed E-state index contributed by atoms with van der Waals surface area (Å²) in [7, 11) is 0. The Hall–Kier alpha value is -4.70. The lowest BCUT2D eigenvalue weighted by Crippen LogP contribution is -2.19. The van der Waals surface area contributed by atoms with E-state index in [1.54, 1.807) is 0 Å². The Labute approximate surface area is 218 Å². The number of hydrogen-bond donors (Lipinski definition) is 3. The Balaban J connectivity index is 1.55. The number of hydrogen-bond acceptors (Lipinski definition) is 4. The maximum Gasteiger partial charge on any atom is 0.0718 e. The van der Waals surface area contributed by atoms with Gasteiger partial charge in [0.05, 0.1) is 22.7 Å². The lowest BCUT2D eigenvalue weighted by atomic mass is 9.96. The van der Waals surface area contributed by atoms with Crippen molar-refractivity contribution < 1.29 is 0 Å². The lowest BCUT2D eigenvalue weighted by Gasteiger charge is -2.35. The Morgan fingerprint density at radius 3 is 1.30 bits per heavy atom. The smallest absolute Gasteiger partial charge is 0.0718 e. The number of benzene rings is 5. The standard InChI is InChI=1S/C33H30N4/c1-20-4-10-23(11-5-20)26-16-30-32(18-28(26)34)37(25-14-8-22(3)9-15-25)33-19-29(35)27(17-31(33)36-30)24-12-6-21(2)7-13-24/h4-19,36H,34-35H2,1-3H3. The van der Waals surface area contributed by atoms with Crippen molar-refractivity contribution in [3.05, 3.63) is 114 Å². The van der Waals surface area contributed by atoms with E-state index in [4.69, 9.17) is 11.5 Å². The Morgan fingerprint density at radius 2 is 0.892 bits per heavy atom. The Morgan fingerprint density at radius 1 is 0.514 bits per heavy atom. The molecule has 0 bridgehead atoms. The van der Waals surface area contributed by atoms with Gasteiger partial charge in [-0.05, 0) is 68.3 Å². The normalized spacial score (nSPS) is 12.0. The minimum atomic E-state index is 0.731. The van der Waals surface area contributed by atoms with Crippen LogP contribution in [-0.4, -0.2) is 0 Å². The Kier molecular flexibility index (Phi) is 5.38. The van der Waals surface area contributed by atoms with E-state index in [0.29, 0.717) is 0 Å². The molecule has 0 amide bonds. The summed E-state index contributed by atoms with van der Waals surface area (Å²) in [6.45, 7) is 6.28. The van der Waals surface area contributed by atoms with E-state index in [-0.39, 0.29) is 0 Å². The van der Waals surface area contributed by atoms with Crippen molar-refractivity contribution in [2.45, 2.75) is 20.8 Å². The first-order chi connectivity index (χ1) is 17.9. The van der Waals surface area contributed by atoms with Crippen LogP contribution in [0, 0.1) is 20.8 Å². The largest absolute Gasteiger partial charge is 0.398 e. The molecule has 1 heterocycles. The summed E-state index contributed by atoms with van der Waals surface area (Å²) in [5.74, 6) is 0. The zero-order chi connectivity index (χ0) is 25.7. The zero-order valence-corrected chi connectivity index (χ0v) is 21.3. The van der Waals surface area contributed by atoms with Gasteiger partial charge in [0.25, 0.3) is 0 Å². The monoisotopic (exact) mass is 482 g/mol. The summed E-state index contributed by atoms with van der Waals surface area (Å²) >= 11 is 0. The third kappa shape index (κ3) is 4.07. The van der Waals surface area contributed by atoms with Crippen LogP contribution in [0.25, 0.3) is 22.3 Å². The second kappa shape index (κ2) is 8.75. The molecule has 0 saturated heterocycles. The van der Waals surface area contributed by atoms with Crippen LogP contribution < -0.4 is 21.7 Å². The fraction of sp³-hybridized carbons (Fsp3) is 0.0909. The second-order valence-corrected chi connectivity index (χ2v) is 9.94. The van der Waals surface area contributed by atoms with Gasteiger partial charge >= 0.3 is 0 Å². The highest BCUT2D eigenvalue weighted by Crippen LogP contribution is 2.52. The van der Waals surface area contributed by atoms with Crippen molar-refractivity contribution in [1.82, 2.24) is 0 Å². The minimum absolute atomic E-state index is 0.731. The number of rotatable bonds is 3. The molecule has 0 spiro atoms. The number of nitrogens with zero attached hydrogens (tertiary/aromatic N) is 1. The molecule has 182 valence electrons. The number of nitrogens with two attached hydrogens (primary N) is 2. The van der Waals surface area contributed by atoms with Crippen LogP contribution in [0.2, 0.25) is 0 Å². The number of fused-ring (bicyclic) bond motifs is 2. The highest BCUT2D eigenvalue weighted by atomic mass is 15.2. The van der Waals surface area contributed by atoms with Crippen LogP contribution >= 0.6 is 0 Å². The van der Waals surface area contributed by atoms with E-state index in [1.165, 1.54) is 16.7 Å². The van der Waals surface area contributed by atoms with E-state index in [1.807, 2.05) is 0 Å². The van der Waals surface area contributed by atoms with Crippen molar-refractivity contribution >= 4 is 39.8 Å². The minimum Gasteiger partial charge on any atom is -0.398 e. The van der Waals surface area contributed by atoms with Crippen molar-refractivity contribution in [3.8, 4) is 22.3 Å². The number of anilines is 7. The molecular weight excluding hydrogens is 452 g/mol. The third-order valence-corrected chi connectivity index (χ3v) is 7.10. The van der Waals surface area contributed by atoms with Gasteiger partial charge in [-0.15, -0.1) is 0 Å². The van der Waals surface area contributed by atoms with Crippen LogP contribution in [0.4, 0.5) is 39.8 Å². The third-order valence-electron chi connectivity index (χ3n) is 7.10. The van der Waals surface area contributed by atoms with Crippen LogP contribution in [0.5, 0.6) is 0 Å². The molecule has 4 heteroatoms. The SMILES string of the molecule is Cc1ccc(-c2cc3c(cc2N)N(c2ccc(C)cc2)c2cc(N)c(-c4ccc(C)cc4)cc2N3)cc1. The van der Waals surface area contributed by atoms with Gasteiger partial charge in [0, 0.05) is 28.2 Å². The zero-order valence-electron chi connectivity index (χ0n) is 21.3. The van der Waals surface area contributed by atoms with Gasteiger partial charge in [-0.1, -0.05) is 77.4 Å². The van der Waals surface area contributed by atoms with E-state index >= 15 is 0 Å². The molecule has 0 unspecified atom stereocenters. The first-order valence-electron chi connectivity index (χ1n) is 12.5. The molecule has 0 radical (unpaired) electrons. The summed E-state index contributed by atoms with van der Waals surface area (Å²) in [6, 6.07) is 33.9. The van der Waals surface area contributed by atoms with E-state index < -0.39 is 0 Å². The quantitative estimate of drug-likeness (QED) is 0.221. The summed E-state index contributed by atoms with van der Waals surface area (Å²) in [5, 5.41) is 3.70. The molecule has 5 aromatic rings. The predicted octanol–water partition coefficient (Wildman–Crippen LogP) is 8.64. The number of nitrogens with one attached hydrogen (secondary N) is 1. The molecule has 0 aliphatic carbocycles. The van der Waals surface area contributed by atoms with Crippen molar-refractivity contribution in [3.63, 3.8) is 0 Å². The van der Waals surface area contributed by atoms with Crippen LogP contribution in [0.3, 0.4) is 0 Å². The molecule has 0 atom stereocenters. The van der Waals surface area contributed by atoms with E-state index in [9.17, 15) is 0 Å². The van der Waals surface area contributed by atoms with Gasteiger partial charge < -0.3 is 21.7 Å². The molecule has 5 N–H and O–H groups in total. The van der Waals surface area contributed by atoms with Gasteiger partial charge in [0.15, 0.2) is 0 Å². The summed E-state index contributed by atoms with van der Waals surface area (Å²) in [5.41, 5.74) is 27.7. The van der Waals surface area contributed by atoms with Gasteiger partial charge in [-0.25, -0.2) is 0 Å². The highest BCUT2D eigenvalue weighted by Gasteiger charge is 2.27. The average Bonchev–Trinajstić information content (AvgIpc) is 2.89. The summed E-state index contributed by atoms with van der Waals surface area (Å²) < 4.78 is 0. The summed E-state index contributed by atoms with van der Waals surface area (Å²) in [6.07, 6.45) is 0. The average molecular weight is 483 g/mol. The highest BCUT2D eigenvalue weighted by molar-refractivity contribution is 6.03. The molecule has 0 fully saturated rings. The number of nitrogen functional groups attached to an aromatic ring is 2. The first-order valence-corrected chi connectivity index (χ1v) is 12.5. The maximum absolute atomic E-state index is 6.66. The number of aryl methyl sites for hydroxylation is 3. The molecule has 0 saturated carbocycles. The van der Waals surface area contributed by atoms with Crippen molar-refractivity contribution in [1.29, 1.82) is 0 Å². The molecule has 37 heavy (non-hydrogen) atoms. The van der Waals surface area contributed by atoms with Crippen molar-refractivity contribution in [2.75, 3.05) is 21.7 Å². The molecule has 1 aliphatic heterocycles. The van der Waals surface area contributed by atoms with Gasteiger partial charge in [-0.2, -0.15) is 0 Å². The van der Waals surface area contributed by atoms with Gasteiger partial charge in [-0.3, -0.25) is 0 Å². The second-order valence-electron chi connectivity index (χ2n) is 9.94. The maximum atomic E-state index is 6.66. The predicted molar refractivity (Wildman–Crippen MR) is 158 cm³/mol. The molecule has 6 rings (SSSR count). The summed E-state index contributed by atoms with van der Waals surface area (Å²) in [4.78, 5) is 2.24. The van der Waals surface area contributed by atoms with Crippen molar-refractivity contribution in [2.24, 2.45) is 0 Å². The molecule has 0 aromatic heterocycles. The molecule has 5 aromatic carbocycles.